The summed E-state index contributed by atoms with van der Waals surface area (Å²) in [6, 6.07) is 1.47. The Labute approximate surface area is 74.9 Å². The third-order valence-corrected chi connectivity index (χ3v) is 2.06. The fraction of sp³-hybridized carbons (Fsp3) is 0.250. The van der Waals surface area contributed by atoms with Crippen LogP contribution in [0.3, 0.4) is 0 Å². The second-order valence-corrected chi connectivity index (χ2v) is 3.30. The first-order valence-electron chi connectivity index (χ1n) is 3.54. The lowest BCUT2D eigenvalue weighted by molar-refractivity contribution is 0.907. The second kappa shape index (κ2) is 4.11. The van der Waals surface area contributed by atoms with Crippen molar-refractivity contribution in [3.63, 3.8) is 0 Å². The first kappa shape index (κ1) is 9.06. The molecule has 1 heterocycles. The highest BCUT2D eigenvalue weighted by molar-refractivity contribution is 7.99. The molecule has 0 bridgehead atoms. The van der Waals surface area contributed by atoms with Gasteiger partial charge in [-0.3, -0.25) is 4.79 Å². The van der Waals surface area contributed by atoms with Crippen LogP contribution < -0.4 is 5.56 Å². The third kappa shape index (κ3) is 2.54. The summed E-state index contributed by atoms with van der Waals surface area (Å²) in [4.78, 5) is 17.7. The molecule has 0 aromatic carbocycles. The minimum absolute atomic E-state index is 0.103. The SMILES string of the molecule is C=CCSc1nc(C)cc(=O)[nH]1. The molecular formula is C8H10N2OS. The van der Waals surface area contributed by atoms with Crippen molar-refractivity contribution in [3.05, 3.63) is 34.8 Å². The van der Waals surface area contributed by atoms with Crippen molar-refractivity contribution in [3.8, 4) is 0 Å². The highest BCUT2D eigenvalue weighted by Gasteiger charge is 1.96. The number of aromatic nitrogens is 2. The van der Waals surface area contributed by atoms with E-state index in [1.54, 1.807) is 13.0 Å². The second-order valence-electron chi connectivity index (χ2n) is 2.29. The first-order valence-corrected chi connectivity index (χ1v) is 4.52. The molecule has 64 valence electrons. The number of H-pyrrole nitrogens is 1. The summed E-state index contributed by atoms with van der Waals surface area (Å²) >= 11 is 1.46. The first-order chi connectivity index (χ1) is 5.72. The number of nitrogens with zero attached hydrogens (tertiary/aromatic N) is 1. The summed E-state index contributed by atoms with van der Waals surface area (Å²) in [6.07, 6.45) is 1.77. The maximum Gasteiger partial charge on any atom is 0.251 e. The number of hydrogen-bond donors (Lipinski definition) is 1. The van der Waals surface area contributed by atoms with Crippen molar-refractivity contribution in [2.45, 2.75) is 12.1 Å². The molecule has 1 aromatic rings. The number of aromatic amines is 1. The molecule has 0 amide bonds. The van der Waals surface area contributed by atoms with Gasteiger partial charge in [-0.2, -0.15) is 0 Å². The van der Waals surface area contributed by atoms with E-state index in [0.717, 1.165) is 11.4 Å². The van der Waals surface area contributed by atoms with Crippen LogP contribution in [-0.2, 0) is 0 Å². The summed E-state index contributed by atoms with van der Waals surface area (Å²) in [7, 11) is 0. The quantitative estimate of drug-likeness (QED) is 0.436. The van der Waals surface area contributed by atoms with E-state index in [9.17, 15) is 4.79 Å². The van der Waals surface area contributed by atoms with Gasteiger partial charge in [0.2, 0.25) is 0 Å². The van der Waals surface area contributed by atoms with Crippen LogP contribution in [0.1, 0.15) is 5.69 Å². The molecule has 12 heavy (non-hydrogen) atoms. The fourth-order valence-electron chi connectivity index (χ4n) is 0.758. The Hall–Kier alpha value is -1.03. The molecule has 0 aliphatic rings. The summed E-state index contributed by atoms with van der Waals surface area (Å²) in [6.45, 7) is 5.38. The Balaban J connectivity index is 2.85. The van der Waals surface area contributed by atoms with Gasteiger partial charge in [0.15, 0.2) is 5.16 Å². The molecule has 0 saturated carbocycles. The normalized spacial score (nSPS) is 9.75. The zero-order valence-electron chi connectivity index (χ0n) is 6.83. The van der Waals surface area contributed by atoms with Crippen LogP contribution in [-0.4, -0.2) is 15.7 Å². The van der Waals surface area contributed by atoms with Crippen LogP contribution in [0.2, 0.25) is 0 Å². The highest BCUT2D eigenvalue weighted by Crippen LogP contribution is 2.09. The minimum Gasteiger partial charge on any atom is -0.301 e. The summed E-state index contributed by atoms with van der Waals surface area (Å²) in [5.74, 6) is 0.756. The lowest BCUT2D eigenvalue weighted by Crippen LogP contribution is -2.07. The number of thioether (sulfide) groups is 1. The number of hydrogen-bond acceptors (Lipinski definition) is 3. The third-order valence-electron chi connectivity index (χ3n) is 1.19. The molecule has 0 aliphatic heterocycles. The molecule has 0 radical (unpaired) electrons. The summed E-state index contributed by atoms with van der Waals surface area (Å²) < 4.78 is 0. The Morgan fingerprint density at radius 1 is 1.83 bits per heavy atom. The van der Waals surface area contributed by atoms with E-state index >= 15 is 0 Å². The predicted octanol–water partition coefficient (Wildman–Crippen LogP) is 1.36. The Morgan fingerprint density at radius 3 is 3.17 bits per heavy atom. The van der Waals surface area contributed by atoms with E-state index in [0.29, 0.717) is 5.16 Å². The predicted molar refractivity (Wildman–Crippen MR) is 50.5 cm³/mol. The molecular weight excluding hydrogens is 172 g/mol. The average Bonchev–Trinajstić information content (AvgIpc) is 1.99. The number of rotatable bonds is 3. The van der Waals surface area contributed by atoms with Crippen molar-refractivity contribution in [2.24, 2.45) is 0 Å². The molecule has 3 nitrogen and oxygen atoms in total. The minimum atomic E-state index is -0.103. The van der Waals surface area contributed by atoms with E-state index in [4.69, 9.17) is 0 Å². The lowest BCUT2D eigenvalue weighted by Gasteiger charge is -1.97. The molecule has 0 saturated heterocycles. The van der Waals surface area contributed by atoms with Gasteiger partial charge in [0.1, 0.15) is 0 Å². The molecule has 0 unspecified atom stereocenters. The van der Waals surface area contributed by atoms with Gasteiger partial charge in [-0.05, 0) is 6.92 Å². The van der Waals surface area contributed by atoms with E-state index < -0.39 is 0 Å². The average molecular weight is 182 g/mol. The van der Waals surface area contributed by atoms with Gasteiger partial charge >= 0.3 is 0 Å². The van der Waals surface area contributed by atoms with Crippen LogP contribution in [0, 0.1) is 6.92 Å². The smallest absolute Gasteiger partial charge is 0.251 e. The zero-order valence-corrected chi connectivity index (χ0v) is 7.65. The van der Waals surface area contributed by atoms with Crippen molar-refractivity contribution < 1.29 is 0 Å². The maximum atomic E-state index is 10.9. The van der Waals surface area contributed by atoms with Crippen molar-refractivity contribution >= 4 is 11.8 Å². The van der Waals surface area contributed by atoms with Gasteiger partial charge in [-0.25, -0.2) is 4.98 Å². The molecule has 1 N–H and O–H groups in total. The van der Waals surface area contributed by atoms with Crippen LogP contribution in [0.4, 0.5) is 0 Å². The Kier molecular flexibility index (Phi) is 3.10. The fourth-order valence-corrected chi connectivity index (χ4v) is 1.41. The van der Waals surface area contributed by atoms with Crippen LogP contribution >= 0.6 is 11.8 Å². The van der Waals surface area contributed by atoms with Crippen LogP contribution in [0.25, 0.3) is 0 Å². The van der Waals surface area contributed by atoms with Crippen LogP contribution in [0.15, 0.2) is 28.7 Å². The van der Waals surface area contributed by atoms with Crippen LogP contribution in [0.5, 0.6) is 0 Å². The number of aryl methyl sites for hydroxylation is 1. The largest absolute Gasteiger partial charge is 0.301 e. The molecule has 0 aliphatic carbocycles. The molecule has 0 fully saturated rings. The summed E-state index contributed by atoms with van der Waals surface area (Å²) in [5, 5.41) is 0.653. The van der Waals surface area contributed by atoms with E-state index in [1.807, 2.05) is 0 Å². The lowest BCUT2D eigenvalue weighted by atomic mass is 10.5. The Morgan fingerprint density at radius 2 is 2.58 bits per heavy atom. The van der Waals surface area contributed by atoms with Gasteiger partial charge in [-0.1, -0.05) is 17.8 Å². The Bertz CT molecular complexity index is 332. The zero-order chi connectivity index (χ0) is 8.97. The topological polar surface area (TPSA) is 45.8 Å². The summed E-state index contributed by atoms with van der Waals surface area (Å²) in [5.41, 5.74) is 0.638. The molecule has 1 aromatic heterocycles. The number of nitrogens with one attached hydrogen (secondary N) is 1. The van der Waals surface area contributed by atoms with Crippen molar-refractivity contribution in [1.29, 1.82) is 0 Å². The van der Waals surface area contributed by atoms with E-state index in [2.05, 4.69) is 16.5 Å². The molecule has 1 rings (SSSR count). The van der Waals surface area contributed by atoms with Gasteiger partial charge in [0.25, 0.3) is 5.56 Å². The standard InChI is InChI=1S/C8H10N2OS/c1-3-4-12-8-9-6(2)5-7(11)10-8/h3,5H,1,4H2,2H3,(H,9,10,11). The monoisotopic (exact) mass is 182 g/mol. The van der Waals surface area contributed by atoms with Gasteiger partial charge in [0.05, 0.1) is 0 Å². The highest BCUT2D eigenvalue weighted by atomic mass is 32.2. The molecule has 4 heteroatoms. The van der Waals surface area contributed by atoms with Crippen molar-refractivity contribution in [1.82, 2.24) is 9.97 Å². The van der Waals surface area contributed by atoms with E-state index in [-0.39, 0.29) is 5.56 Å². The molecule has 0 spiro atoms. The van der Waals surface area contributed by atoms with Gasteiger partial charge in [-0.15, -0.1) is 6.58 Å². The van der Waals surface area contributed by atoms with Gasteiger partial charge in [0, 0.05) is 17.5 Å². The maximum absolute atomic E-state index is 10.9. The van der Waals surface area contributed by atoms with E-state index in [1.165, 1.54) is 17.8 Å². The molecule has 0 atom stereocenters. The van der Waals surface area contributed by atoms with Gasteiger partial charge < -0.3 is 4.98 Å². The van der Waals surface area contributed by atoms with Crippen molar-refractivity contribution in [2.75, 3.05) is 5.75 Å².